The van der Waals surface area contributed by atoms with Gasteiger partial charge in [0.15, 0.2) is 0 Å². The van der Waals surface area contributed by atoms with Crippen molar-refractivity contribution in [3.63, 3.8) is 0 Å². The molecule has 2 rings (SSSR count). The Kier molecular flexibility index (Phi) is 3.72. The van der Waals surface area contributed by atoms with Crippen molar-refractivity contribution in [1.82, 2.24) is 14.7 Å². The predicted octanol–water partition coefficient (Wildman–Crippen LogP) is 1.82. The van der Waals surface area contributed by atoms with Gasteiger partial charge in [0.25, 0.3) is 5.91 Å². The van der Waals surface area contributed by atoms with Crippen molar-refractivity contribution >= 4 is 17.5 Å². The number of likely N-dealkylation sites (tertiary alicyclic amines) is 1. The lowest BCUT2D eigenvalue weighted by Crippen LogP contribution is -2.29. The van der Waals surface area contributed by atoms with Crippen LogP contribution in [-0.4, -0.2) is 39.6 Å². The normalized spacial score (nSPS) is 19.9. The Bertz CT molecular complexity index is 416. The molecular formula is C12H18ClN3O. The van der Waals surface area contributed by atoms with E-state index in [9.17, 15) is 4.79 Å². The van der Waals surface area contributed by atoms with Gasteiger partial charge in [0.05, 0.1) is 11.8 Å². The molecule has 0 spiro atoms. The van der Waals surface area contributed by atoms with Crippen LogP contribution in [-0.2, 0) is 7.05 Å². The first-order chi connectivity index (χ1) is 8.13. The molecule has 0 aliphatic carbocycles. The molecule has 1 aromatic heterocycles. The smallest absolute Gasteiger partial charge is 0.257 e. The van der Waals surface area contributed by atoms with Gasteiger partial charge in [0.2, 0.25) is 0 Å². The number of alkyl halides is 1. The fourth-order valence-corrected chi connectivity index (χ4v) is 2.59. The Morgan fingerprint density at radius 2 is 2.41 bits per heavy atom. The van der Waals surface area contributed by atoms with Crippen molar-refractivity contribution in [3.8, 4) is 0 Å². The van der Waals surface area contributed by atoms with Crippen molar-refractivity contribution in [3.05, 3.63) is 17.5 Å². The highest BCUT2D eigenvalue weighted by Crippen LogP contribution is 2.22. The van der Waals surface area contributed by atoms with Crippen LogP contribution in [0, 0.1) is 12.8 Å². The first-order valence-electron chi connectivity index (χ1n) is 5.97. The summed E-state index contributed by atoms with van der Waals surface area (Å²) < 4.78 is 1.74. The Labute approximate surface area is 107 Å². The third-order valence-electron chi connectivity index (χ3n) is 3.56. The third kappa shape index (κ3) is 2.46. The average molecular weight is 256 g/mol. The van der Waals surface area contributed by atoms with E-state index in [0.717, 1.165) is 37.2 Å². The van der Waals surface area contributed by atoms with E-state index >= 15 is 0 Å². The lowest BCUT2D eigenvalue weighted by Gasteiger charge is -2.16. The summed E-state index contributed by atoms with van der Waals surface area (Å²) in [4.78, 5) is 14.2. The molecule has 5 heteroatoms. The fourth-order valence-electron chi connectivity index (χ4n) is 2.29. The van der Waals surface area contributed by atoms with Crippen molar-refractivity contribution < 1.29 is 4.79 Å². The second-order valence-electron chi connectivity index (χ2n) is 4.65. The number of carbonyl (C=O) groups is 1. The quantitative estimate of drug-likeness (QED) is 0.773. The Balaban J connectivity index is 2.04. The number of halogens is 1. The first-order valence-corrected chi connectivity index (χ1v) is 6.50. The average Bonchev–Trinajstić information content (AvgIpc) is 2.88. The van der Waals surface area contributed by atoms with Crippen LogP contribution in [0.5, 0.6) is 0 Å². The van der Waals surface area contributed by atoms with Crippen LogP contribution in [0.25, 0.3) is 0 Å². The van der Waals surface area contributed by atoms with E-state index < -0.39 is 0 Å². The molecule has 1 aliphatic rings. The molecular weight excluding hydrogens is 238 g/mol. The van der Waals surface area contributed by atoms with Gasteiger partial charge in [-0.25, -0.2) is 0 Å². The number of hydrogen-bond donors (Lipinski definition) is 0. The third-order valence-corrected chi connectivity index (χ3v) is 3.77. The molecule has 0 N–H and O–H groups in total. The van der Waals surface area contributed by atoms with Crippen LogP contribution in [0.3, 0.4) is 0 Å². The van der Waals surface area contributed by atoms with E-state index in [2.05, 4.69) is 5.10 Å². The lowest BCUT2D eigenvalue weighted by atomic mass is 10.1. The van der Waals surface area contributed by atoms with Crippen LogP contribution in [0.4, 0.5) is 0 Å². The van der Waals surface area contributed by atoms with E-state index in [-0.39, 0.29) is 5.91 Å². The first kappa shape index (κ1) is 12.4. The fraction of sp³-hybridized carbons (Fsp3) is 0.667. The number of aryl methyl sites for hydroxylation is 1. The summed E-state index contributed by atoms with van der Waals surface area (Å²) in [6.07, 6.45) is 3.72. The molecule has 0 saturated carbocycles. The number of hydrogen-bond acceptors (Lipinski definition) is 2. The largest absolute Gasteiger partial charge is 0.338 e. The Morgan fingerprint density at radius 3 is 3.00 bits per heavy atom. The summed E-state index contributed by atoms with van der Waals surface area (Å²) >= 11 is 5.74. The molecule has 1 fully saturated rings. The van der Waals surface area contributed by atoms with E-state index in [1.165, 1.54) is 0 Å². The standard InChI is InChI=1S/C12H18ClN3O/c1-9-11(7-14-15(9)2)12(17)16-6-4-10(8-16)3-5-13/h7,10H,3-6,8H2,1-2H3. The molecule has 1 saturated heterocycles. The van der Waals surface area contributed by atoms with E-state index in [1.807, 2.05) is 18.9 Å². The summed E-state index contributed by atoms with van der Waals surface area (Å²) in [5, 5.41) is 4.11. The molecule has 4 nitrogen and oxygen atoms in total. The molecule has 0 aromatic carbocycles. The minimum Gasteiger partial charge on any atom is -0.338 e. The molecule has 0 bridgehead atoms. The predicted molar refractivity (Wildman–Crippen MR) is 67.3 cm³/mol. The molecule has 1 aromatic rings. The highest BCUT2D eigenvalue weighted by molar-refractivity contribution is 6.17. The van der Waals surface area contributed by atoms with Gasteiger partial charge in [0, 0.05) is 31.7 Å². The lowest BCUT2D eigenvalue weighted by molar-refractivity contribution is 0.0786. The van der Waals surface area contributed by atoms with Gasteiger partial charge < -0.3 is 4.90 Å². The molecule has 1 aliphatic heterocycles. The Morgan fingerprint density at radius 1 is 1.65 bits per heavy atom. The summed E-state index contributed by atoms with van der Waals surface area (Å²) in [6, 6.07) is 0. The zero-order valence-electron chi connectivity index (χ0n) is 10.3. The van der Waals surface area contributed by atoms with Crippen LogP contribution < -0.4 is 0 Å². The number of amides is 1. The second kappa shape index (κ2) is 5.08. The maximum atomic E-state index is 12.3. The summed E-state index contributed by atoms with van der Waals surface area (Å²) in [6.45, 7) is 3.60. The molecule has 2 heterocycles. The van der Waals surface area contributed by atoms with Gasteiger partial charge in [-0.2, -0.15) is 5.10 Å². The number of aromatic nitrogens is 2. The van der Waals surface area contributed by atoms with Gasteiger partial charge in [0.1, 0.15) is 0 Å². The van der Waals surface area contributed by atoms with Crippen molar-refractivity contribution in [2.75, 3.05) is 19.0 Å². The van der Waals surface area contributed by atoms with Crippen LogP contribution in [0.1, 0.15) is 28.9 Å². The maximum Gasteiger partial charge on any atom is 0.257 e. The molecule has 1 amide bonds. The van der Waals surface area contributed by atoms with Gasteiger partial charge in [-0.3, -0.25) is 9.48 Å². The van der Waals surface area contributed by atoms with E-state index in [4.69, 9.17) is 11.6 Å². The highest BCUT2D eigenvalue weighted by Gasteiger charge is 2.28. The van der Waals surface area contributed by atoms with Crippen molar-refractivity contribution in [2.45, 2.75) is 19.8 Å². The summed E-state index contributed by atoms with van der Waals surface area (Å²) in [5.41, 5.74) is 1.65. The van der Waals surface area contributed by atoms with Gasteiger partial charge >= 0.3 is 0 Å². The monoisotopic (exact) mass is 255 g/mol. The zero-order chi connectivity index (χ0) is 12.4. The van der Waals surface area contributed by atoms with Crippen LogP contribution in [0.15, 0.2) is 6.20 Å². The van der Waals surface area contributed by atoms with Gasteiger partial charge in [-0.15, -0.1) is 11.6 Å². The van der Waals surface area contributed by atoms with E-state index in [0.29, 0.717) is 11.8 Å². The summed E-state index contributed by atoms with van der Waals surface area (Å²) in [7, 11) is 1.85. The molecule has 94 valence electrons. The number of rotatable bonds is 3. The van der Waals surface area contributed by atoms with Crippen LogP contribution in [0.2, 0.25) is 0 Å². The SMILES string of the molecule is Cc1c(C(=O)N2CCC(CCCl)C2)cnn1C. The number of nitrogens with zero attached hydrogens (tertiary/aromatic N) is 3. The van der Waals surface area contributed by atoms with Crippen molar-refractivity contribution in [2.24, 2.45) is 13.0 Å². The van der Waals surface area contributed by atoms with Crippen LogP contribution >= 0.6 is 11.6 Å². The molecule has 0 radical (unpaired) electrons. The molecule has 17 heavy (non-hydrogen) atoms. The topological polar surface area (TPSA) is 38.1 Å². The Hall–Kier alpha value is -1.03. The van der Waals surface area contributed by atoms with Gasteiger partial charge in [-0.1, -0.05) is 0 Å². The zero-order valence-corrected chi connectivity index (χ0v) is 11.1. The minimum atomic E-state index is 0.104. The molecule has 1 unspecified atom stereocenters. The van der Waals surface area contributed by atoms with Gasteiger partial charge in [-0.05, 0) is 25.7 Å². The maximum absolute atomic E-state index is 12.3. The second-order valence-corrected chi connectivity index (χ2v) is 5.03. The van der Waals surface area contributed by atoms with E-state index in [1.54, 1.807) is 10.9 Å². The highest BCUT2D eigenvalue weighted by atomic mass is 35.5. The summed E-state index contributed by atoms with van der Waals surface area (Å²) in [5.74, 6) is 1.35. The number of carbonyl (C=O) groups excluding carboxylic acids is 1. The molecule has 1 atom stereocenters. The minimum absolute atomic E-state index is 0.104. The van der Waals surface area contributed by atoms with Crippen molar-refractivity contribution in [1.29, 1.82) is 0 Å².